The van der Waals surface area contributed by atoms with Gasteiger partial charge in [0.05, 0.1) is 11.3 Å². The molecule has 0 saturated carbocycles. The van der Waals surface area contributed by atoms with Crippen molar-refractivity contribution in [3.63, 3.8) is 0 Å². The topological polar surface area (TPSA) is 42.2 Å². The van der Waals surface area contributed by atoms with Gasteiger partial charge < -0.3 is 9.73 Å². The van der Waals surface area contributed by atoms with Gasteiger partial charge in [0.1, 0.15) is 17.3 Å². The van der Waals surface area contributed by atoms with Crippen LogP contribution in [0.15, 0.2) is 28.7 Å². The van der Waals surface area contributed by atoms with Gasteiger partial charge in [-0.25, -0.2) is 4.39 Å². The third-order valence-electron chi connectivity index (χ3n) is 4.07. The summed E-state index contributed by atoms with van der Waals surface area (Å²) in [5, 5.41) is 2.68. The number of carbonyl (C=O) groups is 1. The molecule has 0 saturated heterocycles. The smallest absolute Gasteiger partial charge is 0.256 e. The van der Waals surface area contributed by atoms with Gasteiger partial charge in [-0.2, -0.15) is 0 Å². The lowest BCUT2D eigenvalue weighted by Crippen LogP contribution is -2.03. The Hall–Kier alpha value is -2.36. The molecule has 4 rings (SSSR count). The zero-order valence-corrected chi connectivity index (χ0v) is 11.4. The van der Waals surface area contributed by atoms with E-state index in [0.29, 0.717) is 17.0 Å². The highest BCUT2D eigenvalue weighted by Crippen LogP contribution is 2.34. The Bertz CT molecular complexity index is 750. The van der Waals surface area contributed by atoms with Crippen molar-refractivity contribution in [2.45, 2.75) is 25.7 Å². The van der Waals surface area contributed by atoms with Crippen LogP contribution in [0.5, 0.6) is 0 Å². The lowest BCUT2D eigenvalue weighted by molar-refractivity contribution is -0.110. The van der Waals surface area contributed by atoms with Crippen LogP contribution in [0.2, 0.25) is 0 Å². The number of rotatable bonds is 1. The van der Waals surface area contributed by atoms with Gasteiger partial charge in [-0.05, 0) is 55.2 Å². The maximum Gasteiger partial charge on any atom is 0.256 e. The first-order chi connectivity index (χ1) is 10.2. The van der Waals surface area contributed by atoms with Gasteiger partial charge >= 0.3 is 0 Å². The molecular weight excluding hydrogens is 269 g/mol. The molecule has 1 amide bonds. The molecule has 1 aromatic heterocycles. The lowest BCUT2D eigenvalue weighted by atomic mass is 9.98. The fraction of sp³-hybridized carbons (Fsp3) is 0.235. The van der Waals surface area contributed by atoms with E-state index >= 15 is 0 Å². The molecule has 0 fully saturated rings. The Balaban J connectivity index is 1.76. The molecule has 1 aromatic carbocycles. The van der Waals surface area contributed by atoms with Crippen molar-refractivity contribution in [2.24, 2.45) is 0 Å². The summed E-state index contributed by atoms with van der Waals surface area (Å²) in [6.07, 6.45) is 6.09. The van der Waals surface area contributed by atoms with E-state index in [1.165, 1.54) is 24.1 Å². The number of nitrogens with one attached hydrogen (secondary N) is 1. The molecule has 21 heavy (non-hydrogen) atoms. The summed E-state index contributed by atoms with van der Waals surface area (Å²) in [7, 11) is 0. The van der Waals surface area contributed by atoms with E-state index in [-0.39, 0.29) is 11.7 Å². The average Bonchev–Trinajstić information content (AvgIpc) is 3.00. The standard InChI is InChI=1S/C17H14FNO2/c18-11-5-6-13-14(17(20)19-15(13)8-11)9-12-7-10-3-1-2-4-16(10)21-12/h5-9H,1-4H2,(H,19,20). The lowest BCUT2D eigenvalue weighted by Gasteiger charge is -2.07. The van der Waals surface area contributed by atoms with Crippen LogP contribution in [0, 0.1) is 5.82 Å². The molecule has 0 atom stereocenters. The maximum atomic E-state index is 13.2. The van der Waals surface area contributed by atoms with E-state index in [1.54, 1.807) is 12.1 Å². The fourth-order valence-corrected chi connectivity index (χ4v) is 3.04. The van der Waals surface area contributed by atoms with Gasteiger partial charge in [-0.15, -0.1) is 0 Å². The largest absolute Gasteiger partial charge is 0.461 e. The number of anilines is 1. The van der Waals surface area contributed by atoms with Crippen LogP contribution in [0.25, 0.3) is 11.6 Å². The molecule has 106 valence electrons. The van der Waals surface area contributed by atoms with Crippen LogP contribution in [-0.4, -0.2) is 5.91 Å². The average molecular weight is 283 g/mol. The van der Waals surface area contributed by atoms with E-state index < -0.39 is 0 Å². The molecule has 0 unspecified atom stereocenters. The zero-order valence-electron chi connectivity index (χ0n) is 11.4. The summed E-state index contributed by atoms with van der Waals surface area (Å²) in [5.74, 6) is 1.16. The minimum Gasteiger partial charge on any atom is -0.461 e. The van der Waals surface area contributed by atoms with Crippen LogP contribution in [-0.2, 0) is 17.6 Å². The minimum absolute atomic E-state index is 0.218. The van der Waals surface area contributed by atoms with Gasteiger partial charge in [0.25, 0.3) is 5.91 Å². The highest BCUT2D eigenvalue weighted by atomic mass is 19.1. The quantitative estimate of drug-likeness (QED) is 0.809. The van der Waals surface area contributed by atoms with Crippen LogP contribution < -0.4 is 5.32 Å². The molecule has 2 aromatic rings. The molecule has 0 spiro atoms. The Morgan fingerprint density at radius 1 is 1.19 bits per heavy atom. The molecular formula is C17H14FNO2. The van der Waals surface area contributed by atoms with E-state index in [0.717, 1.165) is 30.6 Å². The number of aryl methyl sites for hydroxylation is 2. The van der Waals surface area contributed by atoms with Crippen molar-refractivity contribution < 1.29 is 13.6 Å². The Labute approximate surface area is 121 Å². The fourth-order valence-electron chi connectivity index (χ4n) is 3.04. The summed E-state index contributed by atoms with van der Waals surface area (Å²) < 4.78 is 19.0. The molecule has 4 heteroatoms. The summed E-state index contributed by atoms with van der Waals surface area (Å²) in [6.45, 7) is 0. The molecule has 2 aliphatic rings. The summed E-state index contributed by atoms with van der Waals surface area (Å²) in [5.41, 5.74) is 3.00. The van der Waals surface area contributed by atoms with Crippen LogP contribution >= 0.6 is 0 Å². The number of furan rings is 1. The van der Waals surface area contributed by atoms with Crippen LogP contribution in [0.3, 0.4) is 0 Å². The van der Waals surface area contributed by atoms with Crippen molar-refractivity contribution in [3.05, 3.63) is 52.7 Å². The van der Waals surface area contributed by atoms with Gasteiger partial charge in [0.15, 0.2) is 0 Å². The van der Waals surface area contributed by atoms with Crippen LogP contribution in [0.1, 0.15) is 35.5 Å². The first-order valence-corrected chi connectivity index (χ1v) is 7.15. The Morgan fingerprint density at radius 2 is 2.05 bits per heavy atom. The van der Waals surface area contributed by atoms with E-state index in [4.69, 9.17) is 4.42 Å². The van der Waals surface area contributed by atoms with Gasteiger partial charge in [0.2, 0.25) is 0 Å². The molecule has 1 N–H and O–H groups in total. The second-order valence-electron chi connectivity index (χ2n) is 5.51. The number of benzene rings is 1. The third-order valence-corrected chi connectivity index (χ3v) is 4.07. The summed E-state index contributed by atoms with van der Waals surface area (Å²) in [4.78, 5) is 12.0. The number of amides is 1. The first kappa shape index (κ1) is 12.4. The SMILES string of the molecule is O=C1Nc2cc(F)ccc2C1=Cc1cc2c(o1)CCCC2. The second kappa shape index (κ2) is 4.58. The van der Waals surface area contributed by atoms with E-state index in [9.17, 15) is 9.18 Å². The normalized spacial score (nSPS) is 18.5. The summed E-state index contributed by atoms with van der Waals surface area (Å²) in [6, 6.07) is 6.33. The molecule has 3 nitrogen and oxygen atoms in total. The third kappa shape index (κ3) is 2.07. The highest BCUT2D eigenvalue weighted by molar-refractivity contribution is 6.34. The number of hydrogen-bond donors (Lipinski definition) is 1. The van der Waals surface area contributed by atoms with Gasteiger partial charge in [-0.1, -0.05) is 0 Å². The summed E-state index contributed by atoms with van der Waals surface area (Å²) >= 11 is 0. The number of hydrogen-bond acceptors (Lipinski definition) is 2. The Kier molecular flexibility index (Phi) is 2.70. The van der Waals surface area contributed by atoms with Crippen molar-refractivity contribution >= 4 is 23.2 Å². The van der Waals surface area contributed by atoms with Gasteiger partial charge in [0, 0.05) is 12.0 Å². The van der Waals surface area contributed by atoms with E-state index in [2.05, 4.69) is 5.32 Å². The number of carbonyl (C=O) groups excluding carboxylic acids is 1. The minimum atomic E-state index is -0.358. The number of halogens is 1. The zero-order chi connectivity index (χ0) is 14.4. The van der Waals surface area contributed by atoms with Crippen LogP contribution in [0.4, 0.5) is 10.1 Å². The van der Waals surface area contributed by atoms with Crippen molar-refractivity contribution in [3.8, 4) is 0 Å². The van der Waals surface area contributed by atoms with Gasteiger partial charge in [-0.3, -0.25) is 4.79 Å². The predicted octanol–water partition coefficient (Wildman–Crippen LogP) is 3.79. The predicted molar refractivity (Wildman–Crippen MR) is 78.3 cm³/mol. The van der Waals surface area contributed by atoms with Crippen molar-refractivity contribution in [1.82, 2.24) is 0 Å². The van der Waals surface area contributed by atoms with Crippen molar-refractivity contribution in [2.75, 3.05) is 5.32 Å². The molecule has 1 aliphatic heterocycles. The van der Waals surface area contributed by atoms with E-state index in [1.807, 2.05) is 6.07 Å². The number of fused-ring (bicyclic) bond motifs is 2. The monoisotopic (exact) mass is 283 g/mol. The first-order valence-electron chi connectivity index (χ1n) is 7.15. The second-order valence-corrected chi connectivity index (χ2v) is 5.51. The van der Waals surface area contributed by atoms with Crippen molar-refractivity contribution in [1.29, 1.82) is 0 Å². The highest BCUT2D eigenvalue weighted by Gasteiger charge is 2.25. The molecule has 0 radical (unpaired) electrons. The molecule has 1 aliphatic carbocycles. The Morgan fingerprint density at radius 3 is 2.90 bits per heavy atom. The molecule has 2 heterocycles. The molecule has 0 bridgehead atoms. The maximum absolute atomic E-state index is 13.2.